The molecular formula is C19H33N5O. The van der Waals surface area contributed by atoms with Gasteiger partial charge in [-0.15, -0.1) is 0 Å². The minimum absolute atomic E-state index is 0.459. The molecule has 6 nitrogen and oxygen atoms in total. The Morgan fingerprint density at radius 3 is 2.88 bits per heavy atom. The van der Waals surface area contributed by atoms with Crippen LogP contribution < -0.4 is 5.32 Å². The fourth-order valence-electron chi connectivity index (χ4n) is 4.00. The third-order valence-electron chi connectivity index (χ3n) is 5.60. The van der Waals surface area contributed by atoms with Crippen LogP contribution in [0, 0.1) is 5.92 Å². The fourth-order valence-corrected chi connectivity index (χ4v) is 4.00. The van der Waals surface area contributed by atoms with E-state index in [0.29, 0.717) is 18.1 Å². The van der Waals surface area contributed by atoms with E-state index in [1.54, 1.807) is 0 Å². The summed E-state index contributed by atoms with van der Waals surface area (Å²) in [5.41, 5.74) is 0. The van der Waals surface area contributed by atoms with Crippen molar-refractivity contribution in [2.75, 3.05) is 33.3 Å². The highest BCUT2D eigenvalue weighted by Gasteiger charge is 2.28. The second-order valence-corrected chi connectivity index (χ2v) is 7.39. The molecular weight excluding hydrogens is 314 g/mol. The van der Waals surface area contributed by atoms with Gasteiger partial charge in [-0.25, -0.2) is 4.98 Å². The number of guanidine groups is 1. The third kappa shape index (κ3) is 4.97. The summed E-state index contributed by atoms with van der Waals surface area (Å²) < 4.78 is 8.18. The Morgan fingerprint density at radius 2 is 2.16 bits per heavy atom. The molecule has 1 aliphatic carbocycles. The topological polar surface area (TPSA) is 54.7 Å². The SMILES string of the molecule is CN=C(NCCCOC1CCCC1)N1CCC(C)C(n2ccnc2)C1. The van der Waals surface area contributed by atoms with Crippen LogP contribution >= 0.6 is 0 Å². The zero-order valence-electron chi connectivity index (χ0n) is 15.7. The molecule has 2 atom stereocenters. The van der Waals surface area contributed by atoms with Crippen LogP contribution in [0.25, 0.3) is 0 Å². The van der Waals surface area contributed by atoms with Gasteiger partial charge in [0.25, 0.3) is 0 Å². The fraction of sp³-hybridized carbons (Fsp3) is 0.789. The maximum absolute atomic E-state index is 5.94. The van der Waals surface area contributed by atoms with Crippen LogP contribution in [-0.2, 0) is 4.74 Å². The first-order chi connectivity index (χ1) is 12.3. The Labute approximate surface area is 151 Å². The molecule has 1 aliphatic heterocycles. The maximum Gasteiger partial charge on any atom is 0.193 e. The first-order valence-electron chi connectivity index (χ1n) is 9.82. The molecule has 0 bridgehead atoms. The van der Waals surface area contributed by atoms with Gasteiger partial charge in [0.2, 0.25) is 0 Å². The van der Waals surface area contributed by atoms with E-state index in [4.69, 9.17) is 4.74 Å². The van der Waals surface area contributed by atoms with Gasteiger partial charge < -0.3 is 19.5 Å². The van der Waals surface area contributed by atoms with E-state index >= 15 is 0 Å². The Bertz CT molecular complexity index is 524. The van der Waals surface area contributed by atoms with E-state index in [9.17, 15) is 0 Å². The van der Waals surface area contributed by atoms with E-state index in [0.717, 1.165) is 38.6 Å². The molecule has 2 fully saturated rings. The Hall–Kier alpha value is -1.56. The molecule has 1 aromatic rings. The number of rotatable bonds is 6. The van der Waals surface area contributed by atoms with Crippen molar-refractivity contribution in [2.24, 2.45) is 10.9 Å². The molecule has 140 valence electrons. The third-order valence-corrected chi connectivity index (χ3v) is 5.60. The summed E-state index contributed by atoms with van der Waals surface area (Å²) in [6.07, 6.45) is 13.7. The van der Waals surface area contributed by atoms with Gasteiger partial charge in [0.1, 0.15) is 0 Å². The lowest BCUT2D eigenvalue weighted by molar-refractivity contribution is 0.0572. The smallest absolute Gasteiger partial charge is 0.193 e. The number of hydrogen-bond acceptors (Lipinski definition) is 3. The van der Waals surface area contributed by atoms with E-state index in [1.165, 1.54) is 32.1 Å². The molecule has 6 heteroatoms. The van der Waals surface area contributed by atoms with Crippen molar-refractivity contribution in [3.63, 3.8) is 0 Å². The van der Waals surface area contributed by atoms with Crippen LogP contribution in [0.15, 0.2) is 23.7 Å². The van der Waals surface area contributed by atoms with E-state index < -0.39 is 0 Å². The van der Waals surface area contributed by atoms with E-state index in [2.05, 4.69) is 37.9 Å². The predicted octanol–water partition coefficient (Wildman–Crippen LogP) is 2.69. The predicted molar refractivity (Wildman–Crippen MR) is 101 cm³/mol. The van der Waals surface area contributed by atoms with Crippen molar-refractivity contribution >= 4 is 5.96 Å². The molecule has 2 unspecified atom stereocenters. The standard InChI is InChI=1S/C19H33N5O/c1-16-8-11-23(14-18(16)24-12-10-21-15-24)19(20-2)22-9-5-13-25-17-6-3-4-7-17/h10,12,15-18H,3-9,11,13-14H2,1-2H3,(H,20,22). The molecule has 1 saturated heterocycles. The lowest BCUT2D eigenvalue weighted by Gasteiger charge is -2.39. The van der Waals surface area contributed by atoms with Crippen molar-refractivity contribution in [1.82, 2.24) is 19.8 Å². The van der Waals surface area contributed by atoms with Crippen molar-refractivity contribution in [1.29, 1.82) is 0 Å². The molecule has 1 aromatic heterocycles. The molecule has 0 radical (unpaired) electrons. The highest BCUT2D eigenvalue weighted by molar-refractivity contribution is 5.80. The number of nitrogens with zero attached hydrogens (tertiary/aromatic N) is 4. The number of imidazole rings is 1. The minimum atomic E-state index is 0.459. The summed E-state index contributed by atoms with van der Waals surface area (Å²) in [6, 6.07) is 0.459. The molecule has 1 saturated carbocycles. The van der Waals surface area contributed by atoms with Crippen LogP contribution in [-0.4, -0.2) is 59.8 Å². The molecule has 25 heavy (non-hydrogen) atoms. The van der Waals surface area contributed by atoms with Gasteiger partial charge in [-0.2, -0.15) is 0 Å². The monoisotopic (exact) mass is 347 g/mol. The lowest BCUT2D eigenvalue weighted by atomic mass is 9.93. The van der Waals surface area contributed by atoms with Crippen molar-refractivity contribution < 1.29 is 4.74 Å². The van der Waals surface area contributed by atoms with Crippen LogP contribution in [0.1, 0.15) is 51.5 Å². The lowest BCUT2D eigenvalue weighted by Crippen LogP contribution is -2.49. The number of likely N-dealkylation sites (tertiary alicyclic amines) is 1. The molecule has 3 rings (SSSR count). The number of piperidine rings is 1. The summed E-state index contributed by atoms with van der Waals surface area (Å²) >= 11 is 0. The molecule has 0 aromatic carbocycles. The summed E-state index contributed by atoms with van der Waals surface area (Å²) in [4.78, 5) is 11.1. The molecule has 2 aliphatic rings. The van der Waals surface area contributed by atoms with Gasteiger partial charge in [0.05, 0.1) is 18.5 Å². The van der Waals surface area contributed by atoms with Crippen LogP contribution in [0.3, 0.4) is 0 Å². The number of aromatic nitrogens is 2. The molecule has 2 heterocycles. The van der Waals surface area contributed by atoms with Gasteiger partial charge in [0, 0.05) is 45.7 Å². The average molecular weight is 348 g/mol. The first-order valence-corrected chi connectivity index (χ1v) is 9.82. The number of ether oxygens (including phenoxy) is 1. The second-order valence-electron chi connectivity index (χ2n) is 7.39. The van der Waals surface area contributed by atoms with Gasteiger partial charge in [-0.3, -0.25) is 4.99 Å². The zero-order chi connectivity index (χ0) is 17.5. The average Bonchev–Trinajstić information content (AvgIpc) is 3.32. The number of aliphatic imine (C=N–C) groups is 1. The largest absolute Gasteiger partial charge is 0.378 e. The van der Waals surface area contributed by atoms with Crippen molar-refractivity contribution in [3.8, 4) is 0 Å². The van der Waals surface area contributed by atoms with Gasteiger partial charge in [-0.1, -0.05) is 19.8 Å². The van der Waals surface area contributed by atoms with Crippen LogP contribution in [0.2, 0.25) is 0 Å². The first kappa shape index (κ1) is 18.2. The minimum Gasteiger partial charge on any atom is -0.378 e. The summed E-state index contributed by atoms with van der Waals surface area (Å²) in [7, 11) is 1.88. The Kier molecular flexibility index (Phi) is 6.73. The second kappa shape index (κ2) is 9.22. The zero-order valence-corrected chi connectivity index (χ0v) is 15.7. The summed E-state index contributed by atoms with van der Waals surface area (Å²) in [5, 5.41) is 3.52. The van der Waals surface area contributed by atoms with Gasteiger partial charge in [-0.05, 0) is 31.6 Å². The summed E-state index contributed by atoms with van der Waals surface area (Å²) in [6.45, 7) is 6.14. The van der Waals surface area contributed by atoms with Gasteiger partial charge >= 0.3 is 0 Å². The number of hydrogen-bond donors (Lipinski definition) is 1. The summed E-state index contributed by atoms with van der Waals surface area (Å²) in [5.74, 6) is 1.67. The van der Waals surface area contributed by atoms with Crippen molar-refractivity contribution in [3.05, 3.63) is 18.7 Å². The van der Waals surface area contributed by atoms with Crippen LogP contribution in [0.5, 0.6) is 0 Å². The van der Waals surface area contributed by atoms with Gasteiger partial charge in [0.15, 0.2) is 5.96 Å². The van der Waals surface area contributed by atoms with Crippen LogP contribution in [0.4, 0.5) is 0 Å². The van der Waals surface area contributed by atoms with E-state index in [1.807, 2.05) is 19.6 Å². The Morgan fingerprint density at radius 1 is 1.32 bits per heavy atom. The highest BCUT2D eigenvalue weighted by Crippen LogP contribution is 2.27. The molecule has 1 N–H and O–H groups in total. The molecule has 0 spiro atoms. The maximum atomic E-state index is 5.94. The number of nitrogens with one attached hydrogen (secondary N) is 1. The van der Waals surface area contributed by atoms with E-state index in [-0.39, 0.29) is 0 Å². The Balaban J connectivity index is 1.42. The quantitative estimate of drug-likeness (QED) is 0.488. The van der Waals surface area contributed by atoms with Crippen molar-refractivity contribution in [2.45, 2.75) is 57.6 Å². The normalized spacial score (nSPS) is 25.5. The highest BCUT2D eigenvalue weighted by atomic mass is 16.5. The molecule has 0 amide bonds.